The second kappa shape index (κ2) is 11.9. The predicted molar refractivity (Wildman–Crippen MR) is 105 cm³/mol. The maximum Gasteiger partial charge on any atom is 0.191 e. The summed E-state index contributed by atoms with van der Waals surface area (Å²) in [4.78, 5) is 6.90. The molecule has 140 valence electrons. The number of methoxy groups -OCH3 is 1. The molecule has 1 aromatic carbocycles. The molecule has 5 nitrogen and oxygen atoms in total. The Hall–Kier alpha value is -1.59. The van der Waals surface area contributed by atoms with Gasteiger partial charge in [-0.3, -0.25) is 9.89 Å². The lowest BCUT2D eigenvalue weighted by molar-refractivity contribution is 0.195. The molecule has 0 unspecified atom stereocenters. The number of rotatable bonds is 8. The van der Waals surface area contributed by atoms with Gasteiger partial charge in [0.05, 0.1) is 0 Å². The molecule has 1 heterocycles. The van der Waals surface area contributed by atoms with Crippen LogP contribution < -0.4 is 10.6 Å². The molecule has 1 saturated heterocycles. The van der Waals surface area contributed by atoms with Crippen molar-refractivity contribution in [3.63, 3.8) is 0 Å². The quantitative estimate of drug-likeness (QED) is 0.432. The van der Waals surface area contributed by atoms with E-state index in [4.69, 9.17) is 4.74 Å². The summed E-state index contributed by atoms with van der Waals surface area (Å²) in [6.45, 7) is 5.94. The van der Waals surface area contributed by atoms with E-state index in [1.807, 2.05) is 7.05 Å². The van der Waals surface area contributed by atoms with Crippen LogP contribution in [0, 0.1) is 0 Å². The highest BCUT2D eigenvalue weighted by Gasteiger charge is 2.11. The molecule has 0 saturated carbocycles. The number of hydrogen-bond acceptors (Lipinski definition) is 3. The average molecular weight is 347 g/mol. The molecule has 0 amide bonds. The molecule has 1 aromatic rings. The van der Waals surface area contributed by atoms with Gasteiger partial charge in [0.25, 0.3) is 0 Å². The van der Waals surface area contributed by atoms with Crippen molar-refractivity contribution in [3.05, 3.63) is 35.4 Å². The fourth-order valence-electron chi connectivity index (χ4n) is 3.24. The molecule has 25 heavy (non-hydrogen) atoms. The Morgan fingerprint density at radius 1 is 1.08 bits per heavy atom. The molecule has 1 aliphatic heterocycles. The normalized spacial score (nSPS) is 16.5. The van der Waals surface area contributed by atoms with Gasteiger partial charge in [0.15, 0.2) is 5.96 Å². The van der Waals surface area contributed by atoms with E-state index in [-0.39, 0.29) is 0 Å². The SMILES string of the molecule is CN=C(NCCCOC)NCc1ccccc1CN1CCCCCC1. The number of hydrogen-bond donors (Lipinski definition) is 2. The molecule has 0 aliphatic carbocycles. The second-order valence-corrected chi connectivity index (χ2v) is 6.66. The van der Waals surface area contributed by atoms with Crippen molar-refractivity contribution >= 4 is 5.96 Å². The number of nitrogens with one attached hydrogen (secondary N) is 2. The molecule has 1 fully saturated rings. The molecule has 0 spiro atoms. The monoisotopic (exact) mass is 346 g/mol. The van der Waals surface area contributed by atoms with Crippen molar-refractivity contribution in [2.24, 2.45) is 4.99 Å². The second-order valence-electron chi connectivity index (χ2n) is 6.66. The van der Waals surface area contributed by atoms with E-state index in [1.165, 1.54) is 49.9 Å². The number of ether oxygens (including phenoxy) is 1. The summed E-state index contributed by atoms with van der Waals surface area (Å²) < 4.78 is 5.08. The van der Waals surface area contributed by atoms with E-state index in [0.29, 0.717) is 0 Å². The Morgan fingerprint density at radius 2 is 1.80 bits per heavy atom. The zero-order valence-electron chi connectivity index (χ0n) is 15.9. The van der Waals surface area contributed by atoms with E-state index in [1.54, 1.807) is 7.11 Å². The van der Waals surface area contributed by atoms with E-state index >= 15 is 0 Å². The van der Waals surface area contributed by atoms with Crippen LogP contribution in [0.3, 0.4) is 0 Å². The number of likely N-dealkylation sites (tertiary alicyclic amines) is 1. The Balaban J connectivity index is 1.86. The molecule has 2 rings (SSSR count). The third kappa shape index (κ3) is 7.45. The number of aliphatic imine (C=N–C) groups is 1. The van der Waals surface area contributed by atoms with Crippen molar-refractivity contribution in [2.75, 3.05) is 40.4 Å². The van der Waals surface area contributed by atoms with Crippen LogP contribution in [-0.4, -0.2) is 51.3 Å². The Kier molecular flexibility index (Phi) is 9.37. The topological polar surface area (TPSA) is 48.9 Å². The van der Waals surface area contributed by atoms with Gasteiger partial charge in [0.1, 0.15) is 0 Å². The molecular formula is C20H34N4O. The molecule has 2 N–H and O–H groups in total. The standard InChI is InChI=1S/C20H34N4O/c1-21-20(22-12-9-15-25-2)23-16-18-10-5-6-11-19(18)17-24-13-7-3-4-8-14-24/h5-6,10-11H,3-4,7-9,12-17H2,1-2H3,(H2,21,22,23). The maximum atomic E-state index is 5.08. The van der Waals surface area contributed by atoms with Crippen LogP contribution in [0.4, 0.5) is 0 Å². The van der Waals surface area contributed by atoms with E-state index in [0.717, 1.165) is 38.6 Å². The van der Waals surface area contributed by atoms with Gasteiger partial charge in [-0.1, -0.05) is 37.1 Å². The van der Waals surface area contributed by atoms with Crippen LogP contribution >= 0.6 is 0 Å². The van der Waals surface area contributed by atoms with Crippen molar-refractivity contribution in [2.45, 2.75) is 45.2 Å². The first kappa shape index (κ1) is 19.7. The van der Waals surface area contributed by atoms with Gasteiger partial charge in [-0.2, -0.15) is 0 Å². The number of guanidine groups is 1. The van der Waals surface area contributed by atoms with E-state index in [9.17, 15) is 0 Å². The molecule has 1 aliphatic rings. The first-order valence-electron chi connectivity index (χ1n) is 9.56. The Morgan fingerprint density at radius 3 is 2.48 bits per heavy atom. The van der Waals surface area contributed by atoms with Crippen LogP contribution in [0.2, 0.25) is 0 Å². The zero-order valence-corrected chi connectivity index (χ0v) is 15.9. The Bertz CT molecular complexity index is 510. The van der Waals surface area contributed by atoms with E-state index < -0.39 is 0 Å². The van der Waals surface area contributed by atoms with Gasteiger partial charge in [0, 0.05) is 40.4 Å². The molecule has 0 bridgehead atoms. The summed E-state index contributed by atoms with van der Waals surface area (Å²) in [6, 6.07) is 8.75. The highest BCUT2D eigenvalue weighted by atomic mass is 16.5. The van der Waals surface area contributed by atoms with Gasteiger partial charge in [-0.05, 0) is 43.5 Å². The highest BCUT2D eigenvalue weighted by Crippen LogP contribution is 2.16. The lowest BCUT2D eigenvalue weighted by atomic mass is 10.1. The molecular weight excluding hydrogens is 312 g/mol. The number of nitrogens with zero attached hydrogens (tertiary/aromatic N) is 2. The first-order chi connectivity index (χ1) is 12.3. The van der Waals surface area contributed by atoms with Crippen LogP contribution in [0.15, 0.2) is 29.3 Å². The minimum Gasteiger partial charge on any atom is -0.385 e. The molecule has 0 atom stereocenters. The van der Waals surface area contributed by atoms with Crippen molar-refractivity contribution in [3.8, 4) is 0 Å². The highest BCUT2D eigenvalue weighted by molar-refractivity contribution is 5.79. The fourth-order valence-corrected chi connectivity index (χ4v) is 3.24. The largest absolute Gasteiger partial charge is 0.385 e. The lowest BCUT2D eigenvalue weighted by Gasteiger charge is -2.22. The summed E-state index contributed by atoms with van der Waals surface area (Å²) in [7, 11) is 3.54. The molecule has 0 aromatic heterocycles. The van der Waals surface area contributed by atoms with Crippen LogP contribution in [0.1, 0.15) is 43.2 Å². The maximum absolute atomic E-state index is 5.08. The van der Waals surface area contributed by atoms with Gasteiger partial charge >= 0.3 is 0 Å². The summed E-state index contributed by atoms with van der Waals surface area (Å²) >= 11 is 0. The molecule has 0 radical (unpaired) electrons. The van der Waals surface area contributed by atoms with E-state index in [2.05, 4.69) is 44.8 Å². The minimum absolute atomic E-state index is 0.767. The molecule has 5 heteroatoms. The lowest BCUT2D eigenvalue weighted by Crippen LogP contribution is -2.37. The predicted octanol–water partition coefficient (Wildman–Crippen LogP) is 2.76. The van der Waals surface area contributed by atoms with Gasteiger partial charge in [-0.25, -0.2) is 0 Å². The van der Waals surface area contributed by atoms with Crippen LogP contribution in [0.5, 0.6) is 0 Å². The minimum atomic E-state index is 0.767. The van der Waals surface area contributed by atoms with Gasteiger partial charge in [-0.15, -0.1) is 0 Å². The summed E-state index contributed by atoms with van der Waals surface area (Å²) in [5, 5.41) is 6.76. The zero-order chi connectivity index (χ0) is 17.7. The van der Waals surface area contributed by atoms with Gasteiger partial charge < -0.3 is 15.4 Å². The van der Waals surface area contributed by atoms with Crippen molar-refractivity contribution in [1.82, 2.24) is 15.5 Å². The van der Waals surface area contributed by atoms with Crippen molar-refractivity contribution in [1.29, 1.82) is 0 Å². The smallest absolute Gasteiger partial charge is 0.191 e. The third-order valence-electron chi connectivity index (χ3n) is 4.70. The summed E-state index contributed by atoms with van der Waals surface area (Å²) in [6.07, 6.45) is 6.40. The third-order valence-corrected chi connectivity index (χ3v) is 4.70. The fraction of sp³-hybridized carbons (Fsp3) is 0.650. The van der Waals surface area contributed by atoms with Crippen molar-refractivity contribution < 1.29 is 4.74 Å². The summed E-state index contributed by atoms with van der Waals surface area (Å²) in [5.41, 5.74) is 2.78. The van der Waals surface area contributed by atoms with Crippen LogP contribution in [-0.2, 0) is 17.8 Å². The summed E-state index contributed by atoms with van der Waals surface area (Å²) in [5.74, 6) is 0.848. The number of benzene rings is 1. The Labute approximate surface area is 152 Å². The van der Waals surface area contributed by atoms with Gasteiger partial charge in [0.2, 0.25) is 0 Å². The first-order valence-corrected chi connectivity index (χ1v) is 9.56. The van der Waals surface area contributed by atoms with Crippen LogP contribution in [0.25, 0.3) is 0 Å². The average Bonchev–Trinajstić information content (AvgIpc) is 2.91.